The largest absolute Gasteiger partial charge is 0.586 e. The van der Waals surface area contributed by atoms with Crippen LogP contribution >= 0.6 is 0 Å². The van der Waals surface area contributed by atoms with Crippen LogP contribution in [0, 0.1) is 20.8 Å². The molecule has 0 bridgehead atoms. The number of hydrogen-bond acceptors (Lipinski definition) is 5. The van der Waals surface area contributed by atoms with Crippen molar-refractivity contribution in [3.05, 3.63) is 58.4 Å². The molecular formula is C28H36F3N5O3SSi. The van der Waals surface area contributed by atoms with Crippen molar-refractivity contribution in [3.63, 3.8) is 0 Å². The molecule has 1 fully saturated rings. The first-order valence-electron chi connectivity index (χ1n) is 13.4. The number of ether oxygens (including phenoxy) is 1. The molecule has 8 nitrogen and oxygen atoms in total. The molecule has 3 aromatic rings. The first-order chi connectivity index (χ1) is 19.1. The van der Waals surface area contributed by atoms with E-state index in [1.807, 2.05) is 42.8 Å². The standard InChI is InChI=1S/C28H36F3N5O3SSi/c1-18-11-19(2)26(20(3)12-18)40(38)32-14-25-33-22-13-21(15-35-16-24(28(29,30)31)34-27(35)37)7-8-23(22)36(25)17-39-9-10-41(4,5)6/h7-8,11-14,24H,9-10,15-17H2,1-6H3,(H,34,37)/b32-14+/t24-,40-/m0/s1. The number of aryl methyl sites for hydroxylation is 3. The molecule has 1 aliphatic heterocycles. The van der Waals surface area contributed by atoms with E-state index in [2.05, 4.69) is 29.0 Å². The van der Waals surface area contributed by atoms with Crippen molar-refractivity contribution in [1.29, 1.82) is 0 Å². The second-order valence-corrected chi connectivity index (χ2v) is 18.4. The highest BCUT2D eigenvalue weighted by Gasteiger charge is 2.46. The summed E-state index contributed by atoms with van der Waals surface area (Å²) in [7, 11) is -1.30. The lowest BCUT2D eigenvalue weighted by Crippen LogP contribution is -2.40. The fraction of sp³-hybridized carbons (Fsp3) is 0.464. The molecule has 0 spiro atoms. The number of benzene rings is 2. The zero-order chi connectivity index (χ0) is 30.1. The molecule has 13 heteroatoms. The highest BCUT2D eigenvalue weighted by molar-refractivity contribution is 7.90. The number of halogens is 3. The van der Waals surface area contributed by atoms with Gasteiger partial charge in [0, 0.05) is 32.4 Å². The van der Waals surface area contributed by atoms with Gasteiger partial charge in [-0.1, -0.05) is 47.8 Å². The maximum absolute atomic E-state index is 13.2. The summed E-state index contributed by atoms with van der Waals surface area (Å²) in [5.41, 5.74) is 4.80. The van der Waals surface area contributed by atoms with E-state index in [9.17, 15) is 22.5 Å². The Bertz CT molecular complexity index is 1430. The average Bonchev–Trinajstić information content (AvgIpc) is 3.38. The first-order valence-corrected chi connectivity index (χ1v) is 18.2. The minimum atomic E-state index is -4.51. The molecule has 2 amide bonds. The van der Waals surface area contributed by atoms with Gasteiger partial charge in [-0.15, -0.1) is 0 Å². The number of carbonyl (C=O) groups excluding carboxylic acids is 1. The SMILES string of the molecule is Cc1cc(C)c([S@+]([O-])/N=C/c2nc3cc(CN4C[C@@H](C(F)(F)F)NC4=O)ccc3n2COCC[Si](C)(C)C)c(C)c1. The van der Waals surface area contributed by atoms with Gasteiger partial charge in [-0.3, -0.25) is 4.57 Å². The lowest BCUT2D eigenvalue weighted by atomic mass is 10.1. The molecule has 4 rings (SSSR count). The van der Waals surface area contributed by atoms with Crippen LogP contribution in [0.4, 0.5) is 18.0 Å². The Morgan fingerprint density at radius 3 is 2.49 bits per heavy atom. The molecule has 0 saturated carbocycles. The molecule has 41 heavy (non-hydrogen) atoms. The van der Waals surface area contributed by atoms with Crippen molar-refractivity contribution in [3.8, 4) is 0 Å². The van der Waals surface area contributed by atoms with Gasteiger partial charge in [-0.25, -0.2) is 9.78 Å². The van der Waals surface area contributed by atoms with Gasteiger partial charge >= 0.3 is 12.2 Å². The van der Waals surface area contributed by atoms with Gasteiger partial charge in [0.05, 0.1) is 17.6 Å². The van der Waals surface area contributed by atoms with E-state index in [1.165, 1.54) is 6.21 Å². The normalized spacial score (nSPS) is 17.2. The number of urea groups is 1. The summed E-state index contributed by atoms with van der Waals surface area (Å²) in [6.07, 6.45) is -3.04. The van der Waals surface area contributed by atoms with Crippen molar-refractivity contribution in [2.75, 3.05) is 13.2 Å². The second kappa shape index (κ2) is 12.2. The van der Waals surface area contributed by atoms with E-state index in [1.54, 1.807) is 18.2 Å². The van der Waals surface area contributed by atoms with Crippen molar-refractivity contribution < 1.29 is 27.3 Å². The smallest absolute Gasteiger partial charge is 0.410 e. The number of aromatic nitrogens is 2. The Hall–Kier alpha value is -2.87. The van der Waals surface area contributed by atoms with Crippen molar-refractivity contribution in [1.82, 2.24) is 19.8 Å². The van der Waals surface area contributed by atoms with Gasteiger partial charge in [0.1, 0.15) is 30.3 Å². The summed E-state index contributed by atoms with van der Waals surface area (Å²) in [5.74, 6) is 0.442. The van der Waals surface area contributed by atoms with Crippen LogP contribution in [0.5, 0.6) is 0 Å². The maximum Gasteiger partial charge on any atom is 0.410 e. The van der Waals surface area contributed by atoms with Crippen LogP contribution < -0.4 is 5.32 Å². The molecule has 1 aromatic heterocycles. The van der Waals surface area contributed by atoms with E-state index in [4.69, 9.17) is 4.74 Å². The molecule has 1 N–H and O–H groups in total. The number of nitrogens with one attached hydrogen (secondary N) is 1. The molecule has 1 aliphatic rings. The molecule has 2 heterocycles. The Labute approximate surface area is 242 Å². The zero-order valence-electron chi connectivity index (χ0n) is 24.1. The lowest BCUT2D eigenvalue weighted by Gasteiger charge is -2.16. The van der Waals surface area contributed by atoms with E-state index in [0.717, 1.165) is 33.2 Å². The third-order valence-electron chi connectivity index (χ3n) is 6.86. The van der Waals surface area contributed by atoms with Gasteiger partial charge < -0.3 is 19.5 Å². The quantitative estimate of drug-likeness (QED) is 0.135. The molecule has 222 valence electrons. The number of amides is 2. The molecule has 0 radical (unpaired) electrons. The Kier molecular flexibility index (Phi) is 9.21. The van der Waals surface area contributed by atoms with Gasteiger partial charge in [0.2, 0.25) is 0 Å². The van der Waals surface area contributed by atoms with Crippen molar-refractivity contribution >= 4 is 42.7 Å². The average molecular weight is 608 g/mol. The Balaban J connectivity index is 1.61. The number of hydrogen-bond donors (Lipinski definition) is 1. The summed E-state index contributed by atoms with van der Waals surface area (Å²) in [5, 5.41) is 1.99. The number of fused-ring (bicyclic) bond motifs is 1. The first kappa shape index (κ1) is 31.1. The van der Waals surface area contributed by atoms with Gasteiger partial charge in [0.25, 0.3) is 0 Å². The summed E-state index contributed by atoms with van der Waals surface area (Å²) >= 11 is -1.65. The third kappa shape index (κ3) is 7.70. The number of alkyl halides is 3. The minimum Gasteiger partial charge on any atom is -0.586 e. The lowest BCUT2D eigenvalue weighted by molar-refractivity contribution is -0.149. The van der Waals surface area contributed by atoms with Crippen LogP contribution in [0.3, 0.4) is 0 Å². The van der Waals surface area contributed by atoms with Crippen LogP contribution in [0.25, 0.3) is 11.0 Å². The molecule has 0 aliphatic carbocycles. The number of nitrogens with zero attached hydrogens (tertiary/aromatic N) is 4. The second-order valence-electron chi connectivity index (χ2n) is 11.7. The molecule has 0 unspecified atom stereocenters. The van der Waals surface area contributed by atoms with Crippen LogP contribution in [-0.2, 0) is 29.4 Å². The van der Waals surface area contributed by atoms with Gasteiger partial charge in [-0.05, 0) is 44.5 Å². The highest BCUT2D eigenvalue weighted by atomic mass is 32.2. The summed E-state index contributed by atoms with van der Waals surface area (Å²) < 4.78 is 64.6. The predicted molar refractivity (Wildman–Crippen MR) is 157 cm³/mol. The fourth-order valence-electron chi connectivity index (χ4n) is 4.78. The number of imidazole rings is 1. The fourth-order valence-corrected chi connectivity index (χ4v) is 6.50. The Morgan fingerprint density at radius 2 is 1.88 bits per heavy atom. The van der Waals surface area contributed by atoms with E-state index in [-0.39, 0.29) is 13.3 Å². The zero-order valence-corrected chi connectivity index (χ0v) is 25.9. The van der Waals surface area contributed by atoms with E-state index < -0.39 is 44.2 Å². The van der Waals surface area contributed by atoms with Crippen molar-refractivity contribution in [2.45, 2.75) is 76.8 Å². The minimum absolute atomic E-state index is 0.00728. The third-order valence-corrected chi connectivity index (χ3v) is 9.85. The van der Waals surface area contributed by atoms with Crippen LogP contribution in [0.15, 0.2) is 39.6 Å². The van der Waals surface area contributed by atoms with Crippen LogP contribution in [0.2, 0.25) is 25.7 Å². The number of rotatable bonds is 10. The monoisotopic (exact) mass is 607 g/mol. The summed E-state index contributed by atoms with van der Waals surface area (Å²) in [6.45, 7) is 12.9. The molecular weight excluding hydrogens is 571 g/mol. The van der Waals surface area contributed by atoms with E-state index >= 15 is 0 Å². The van der Waals surface area contributed by atoms with Crippen LogP contribution in [0.1, 0.15) is 28.1 Å². The maximum atomic E-state index is 13.2. The number of carbonyl (C=O) groups is 1. The van der Waals surface area contributed by atoms with Gasteiger partial charge in [-0.2, -0.15) is 13.2 Å². The summed E-state index contributed by atoms with van der Waals surface area (Å²) in [6, 6.07) is 7.57. The van der Waals surface area contributed by atoms with Gasteiger partial charge in [0.15, 0.2) is 10.7 Å². The molecule has 2 atom stereocenters. The molecule has 1 saturated heterocycles. The van der Waals surface area contributed by atoms with Crippen molar-refractivity contribution in [2.24, 2.45) is 4.40 Å². The topological polar surface area (TPSA) is 94.8 Å². The predicted octanol–water partition coefficient (Wildman–Crippen LogP) is 5.87. The van der Waals surface area contributed by atoms with E-state index in [0.29, 0.717) is 28.4 Å². The molecule has 2 aromatic carbocycles. The Morgan fingerprint density at radius 1 is 1.20 bits per heavy atom. The highest BCUT2D eigenvalue weighted by Crippen LogP contribution is 2.27. The van der Waals surface area contributed by atoms with Crippen LogP contribution in [-0.4, -0.2) is 64.7 Å². The summed E-state index contributed by atoms with van der Waals surface area (Å²) in [4.78, 5) is 18.6.